The molecule has 0 atom stereocenters. The molecule has 148 valence electrons. The average Bonchev–Trinajstić information content (AvgIpc) is 3.12. The third-order valence-corrected chi connectivity index (χ3v) is 4.76. The first-order valence-corrected chi connectivity index (χ1v) is 9.11. The smallest absolute Gasteiger partial charge is 0.220 e. The maximum Gasteiger partial charge on any atom is 0.220 e. The number of nitrogens with zero attached hydrogens (tertiary/aromatic N) is 1. The van der Waals surface area contributed by atoms with Crippen LogP contribution in [-0.2, 0) is 24.3 Å². The van der Waals surface area contributed by atoms with Crippen molar-refractivity contribution in [1.29, 1.82) is 0 Å². The first-order chi connectivity index (χ1) is 12.2. The molecule has 0 aromatic heterocycles. The minimum Gasteiger partial charge on any atom is -0.399 e. The van der Waals surface area contributed by atoms with Gasteiger partial charge in [-0.15, -0.1) is 24.8 Å². The van der Waals surface area contributed by atoms with Gasteiger partial charge in [0.2, 0.25) is 5.91 Å². The van der Waals surface area contributed by atoms with E-state index < -0.39 is 0 Å². The third-order valence-electron chi connectivity index (χ3n) is 4.76. The van der Waals surface area contributed by atoms with Crippen molar-refractivity contribution in [3.8, 4) is 0 Å². The van der Waals surface area contributed by atoms with Crippen LogP contribution in [0.25, 0.3) is 0 Å². The second-order valence-electron chi connectivity index (χ2n) is 6.78. The molecular weight excluding hydrogens is 381 g/mol. The van der Waals surface area contributed by atoms with E-state index in [9.17, 15) is 4.79 Å². The number of para-hydroxylation sites is 1. The number of benzene rings is 2. The van der Waals surface area contributed by atoms with Crippen LogP contribution < -0.4 is 11.1 Å². The molecule has 1 saturated heterocycles. The van der Waals surface area contributed by atoms with Crippen LogP contribution in [0.2, 0.25) is 0 Å². The Morgan fingerprint density at radius 2 is 1.70 bits per heavy atom. The van der Waals surface area contributed by atoms with E-state index in [1.54, 1.807) is 0 Å². The number of nitrogen functional groups attached to an aromatic ring is 1. The fourth-order valence-corrected chi connectivity index (χ4v) is 3.34. The molecule has 1 aliphatic rings. The summed E-state index contributed by atoms with van der Waals surface area (Å²) in [7, 11) is 0. The van der Waals surface area contributed by atoms with Crippen LogP contribution >= 0.6 is 24.8 Å². The van der Waals surface area contributed by atoms with Gasteiger partial charge < -0.3 is 11.1 Å². The number of carbonyl (C=O) groups excluding carboxylic acids is 1. The molecule has 3 rings (SSSR count). The van der Waals surface area contributed by atoms with Gasteiger partial charge in [-0.25, -0.2) is 0 Å². The molecule has 27 heavy (non-hydrogen) atoms. The van der Waals surface area contributed by atoms with Gasteiger partial charge in [-0.05, 0) is 55.1 Å². The number of anilines is 1. The summed E-state index contributed by atoms with van der Waals surface area (Å²) in [5, 5.41) is 3.02. The summed E-state index contributed by atoms with van der Waals surface area (Å²) in [5.74, 6) is 0.0631. The lowest BCUT2D eigenvalue weighted by molar-refractivity contribution is -0.121. The highest BCUT2D eigenvalue weighted by Crippen LogP contribution is 2.14. The average molecular weight is 410 g/mol. The number of halogens is 2. The highest BCUT2D eigenvalue weighted by Gasteiger charge is 2.12. The third kappa shape index (κ3) is 7.41. The molecule has 0 spiro atoms. The number of carbonyl (C=O) groups is 1. The van der Waals surface area contributed by atoms with Crippen LogP contribution in [0.3, 0.4) is 0 Å². The largest absolute Gasteiger partial charge is 0.399 e. The van der Waals surface area contributed by atoms with Crippen LogP contribution in [0.5, 0.6) is 0 Å². The zero-order chi connectivity index (χ0) is 17.5. The van der Waals surface area contributed by atoms with E-state index in [4.69, 9.17) is 5.73 Å². The first kappa shape index (κ1) is 23.3. The van der Waals surface area contributed by atoms with Crippen molar-refractivity contribution in [3.05, 3.63) is 65.2 Å². The van der Waals surface area contributed by atoms with E-state index in [1.165, 1.54) is 31.5 Å². The highest BCUT2D eigenvalue weighted by atomic mass is 35.5. The Bertz CT molecular complexity index is 718. The van der Waals surface area contributed by atoms with Crippen molar-refractivity contribution < 1.29 is 4.79 Å². The minimum absolute atomic E-state index is 0. The minimum atomic E-state index is 0. The second kappa shape index (κ2) is 11.9. The summed E-state index contributed by atoms with van der Waals surface area (Å²) >= 11 is 0. The predicted octanol–water partition coefficient (Wildman–Crippen LogP) is 3.96. The maximum atomic E-state index is 12.1. The topological polar surface area (TPSA) is 58.4 Å². The van der Waals surface area contributed by atoms with Crippen molar-refractivity contribution in [2.24, 2.45) is 0 Å². The van der Waals surface area contributed by atoms with Crippen molar-refractivity contribution >= 4 is 36.4 Å². The Morgan fingerprint density at radius 3 is 2.44 bits per heavy atom. The lowest BCUT2D eigenvalue weighted by atomic mass is 10.1. The van der Waals surface area contributed by atoms with Crippen LogP contribution in [-0.4, -0.2) is 23.9 Å². The molecule has 4 nitrogen and oxygen atoms in total. The van der Waals surface area contributed by atoms with E-state index in [0.29, 0.717) is 19.4 Å². The normalized spacial score (nSPS) is 13.5. The molecule has 1 amide bonds. The zero-order valence-corrected chi connectivity index (χ0v) is 17.2. The Kier molecular flexibility index (Phi) is 10.2. The number of rotatable bonds is 7. The van der Waals surface area contributed by atoms with Gasteiger partial charge in [0.15, 0.2) is 0 Å². The molecule has 3 N–H and O–H groups in total. The first-order valence-electron chi connectivity index (χ1n) is 9.11. The van der Waals surface area contributed by atoms with E-state index in [1.807, 2.05) is 24.3 Å². The Labute approximate surface area is 174 Å². The van der Waals surface area contributed by atoms with Crippen molar-refractivity contribution in [2.75, 3.05) is 18.8 Å². The van der Waals surface area contributed by atoms with Gasteiger partial charge in [0.1, 0.15) is 0 Å². The summed E-state index contributed by atoms with van der Waals surface area (Å²) in [6.07, 6.45) is 3.75. The summed E-state index contributed by atoms with van der Waals surface area (Å²) in [5.41, 5.74) is 10.2. The van der Waals surface area contributed by atoms with Gasteiger partial charge in [-0.1, -0.05) is 42.5 Å². The molecule has 2 aromatic carbocycles. The number of amides is 1. The van der Waals surface area contributed by atoms with Gasteiger partial charge in [0.25, 0.3) is 0 Å². The number of hydrogen-bond donors (Lipinski definition) is 2. The van der Waals surface area contributed by atoms with Crippen LogP contribution in [0.4, 0.5) is 5.69 Å². The van der Waals surface area contributed by atoms with Crippen LogP contribution in [0, 0.1) is 0 Å². The highest BCUT2D eigenvalue weighted by molar-refractivity contribution is 5.85. The predicted molar refractivity (Wildman–Crippen MR) is 116 cm³/mol. The Morgan fingerprint density at radius 1 is 1.00 bits per heavy atom. The monoisotopic (exact) mass is 409 g/mol. The number of aryl methyl sites for hydroxylation is 1. The molecule has 1 fully saturated rings. The summed E-state index contributed by atoms with van der Waals surface area (Å²) in [6, 6.07) is 16.2. The summed E-state index contributed by atoms with van der Waals surface area (Å²) in [6.45, 7) is 3.99. The van der Waals surface area contributed by atoms with Crippen LogP contribution in [0.1, 0.15) is 36.0 Å². The lowest BCUT2D eigenvalue weighted by Gasteiger charge is -2.15. The molecule has 6 heteroatoms. The van der Waals surface area contributed by atoms with Crippen LogP contribution in [0.15, 0.2) is 48.5 Å². The lowest BCUT2D eigenvalue weighted by Crippen LogP contribution is -2.23. The molecule has 0 bridgehead atoms. The van der Waals surface area contributed by atoms with Gasteiger partial charge in [-0.2, -0.15) is 0 Å². The molecule has 2 aromatic rings. The van der Waals surface area contributed by atoms with Gasteiger partial charge in [0.05, 0.1) is 0 Å². The molecule has 0 aliphatic carbocycles. The molecule has 0 saturated carbocycles. The fourth-order valence-electron chi connectivity index (χ4n) is 3.34. The summed E-state index contributed by atoms with van der Waals surface area (Å²) < 4.78 is 0. The number of nitrogens with two attached hydrogens (primary N) is 1. The van der Waals surface area contributed by atoms with E-state index in [-0.39, 0.29) is 30.7 Å². The van der Waals surface area contributed by atoms with E-state index in [0.717, 1.165) is 23.4 Å². The molecule has 0 unspecified atom stereocenters. The molecule has 1 heterocycles. The Hall–Kier alpha value is -1.75. The maximum absolute atomic E-state index is 12.1. The molecular formula is C21H29Cl2N3O. The van der Waals surface area contributed by atoms with Gasteiger partial charge >= 0.3 is 0 Å². The van der Waals surface area contributed by atoms with E-state index >= 15 is 0 Å². The SMILES string of the molecule is Cl.Cl.Nc1ccccc1CCC(=O)NCc1cccc(CN2CCCC2)c1. The standard InChI is InChI=1S/C21H27N3O.2ClH/c22-20-9-2-1-8-19(20)10-11-21(25)23-15-17-6-5-7-18(14-17)16-24-12-3-4-13-24;;/h1-2,5-9,14H,3-4,10-13,15-16,22H2,(H,23,25);2*1H. The summed E-state index contributed by atoms with van der Waals surface area (Å²) in [4.78, 5) is 14.6. The number of hydrogen-bond acceptors (Lipinski definition) is 3. The molecule has 1 aliphatic heterocycles. The van der Waals surface area contributed by atoms with Crippen molar-refractivity contribution in [3.63, 3.8) is 0 Å². The quantitative estimate of drug-likeness (QED) is 0.680. The van der Waals surface area contributed by atoms with Crippen molar-refractivity contribution in [1.82, 2.24) is 10.2 Å². The Balaban J connectivity index is 0.00000182. The zero-order valence-electron chi connectivity index (χ0n) is 15.5. The van der Waals surface area contributed by atoms with Gasteiger partial charge in [-0.3, -0.25) is 9.69 Å². The van der Waals surface area contributed by atoms with Gasteiger partial charge in [0, 0.05) is 25.2 Å². The van der Waals surface area contributed by atoms with Crippen molar-refractivity contribution in [2.45, 2.75) is 38.8 Å². The number of likely N-dealkylation sites (tertiary alicyclic amines) is 1. The molecule has 0 radical (unpaired) electrons. The fraction of sp³-hybridized carbons (Fsp3) is 0.381. The van der Waals surface area contributed by atoms with E-state index in [2.05, 4.69) is 34.5 Å². The second-order valence-corrected chi connectivity index (χ2v) is 6.78. The number of nitrogens with one attached hydrogen (secondary N) is 1.